The molecule has 1 aromatic heterocycles. The molecule has 0 spiro atoms. The summed E-state index contributed by atoms with van der Waals surface area (Å²) in [5.41, 5.74) is 4.04. The van der Waals surface area contributed by atoms with Crippen LogP contribution >= 0.6 is 11.6 Å². The molecule has 0 bridgehead atoms. The van der Waals surface area contributed by atoms with Gasteiger partial charge in [0, 0.05) is 11.9 Å². The second-order valence-corrected chi connectivity index (χ2v) is 5.54. The summed E-state index contributed by atoms with van der Waals surface area (Å²) in [6.07, 6.45) is 0.892. The monoisotopic (exact) mass is 294 g/mol. The van der Waals surface area contributed by atoms with Crippen LogP contribution in [0.5, 0.6) is 0 Å². The molecular weight excluding hydrogens is 280 g/mol. The number of hydrogen-bond donors (Lipinski definition) is 0. The standard InChI is InChI=1S/C18H15ClN2/c1-13-7-8-15-16(12-20)18(19)21(17(15)11-13)10-9-14-5-3-2-4-6-14/h2-8,11H,9-10H2,1H3. The molecule has 2 aromatic carbocycles. The molecule has 0 saturated heterocycles. The summed E-state index contributed by atoms with van der Waals surface area (Å²) in [5.74, 6) is 0. The molecule has 21 heavy (non-hydrogen) atoms. The van der Waals surface area contributed by atoms with Crippen molar-refractivity contribution in [1.82, 2.24) is 4.57 Å². The molecule has 104 valence electrons. The number of aromatic nitrogens is 1. The Morgan fingerprint density at radius 1 is 1.14 bits per heavy atom. The van der Waals surface area contributed by atoms with Gasteiger partial charge in [0.05, 0.1) is 11.1 Å². The minimum Gasteiger partial charge on any atom is -0.330 e. The fraction of sp³-hybridized carbons (Fsp3) is 0.167. The molecule has 0 saturated carbocycles. The summed E-state index contributed by atoms with van der Waals surface area (Å²) in [6, 6.07) is 18.6. The Morgan fingerprint density at radius 2 is 1.90 bits per heavy atom. The van der Waals surface area contributed by atoms with E-state index in [4.69, 9.17) is 11.6 Å². The highest BCUT2D eigenvalue weighted by molar-refractivity contribution is 6.32. The van der Waals surface area contributed by atoms with Crippen LogP contribution in [-0.2, 0) is 13.0 Å². The molecule has 0 atom stereocenters. The van der Waals surface area contributed by atoms with Crippen molar-refractivity contribution < 1.29 is 0 Å². The van der Waals surface area contributed by atoms with E-state index in [2.05, 4.69) is 24.3 Å². The van der Waals surface area contributed by atoms with E-state index in [1.807, 2.05) is 41.8 Å². The quantitative estimate of drug-likeness (QED) is 0.687. The average Bonchev–Trinajstić information content (AvgIpc) is 2.77. The molecule has 0 unspecified atom stereocenters. The predicted octanol–water partition coefficient (Wildman–Crippen LogP) is 4.72. The first kappa shape index (κ1) is 13.7. The number of nitriles is 1. The van der Waals surface area contributed by atoms with Crippen LogP contribution in [0, 0.1) is 18.3 Å². The van der Waals surface area contributed by atoms with Crippen LogP contribution in [0.1, 0.15) is 16.7 Å². The summed E-state index contributed by atoms with van der Waals surface area (Å²) in [4.78, 5) is 0. The van der Waals surface area contributed by atoms with Crippen molar-refractivity contribution in [3.8, 4) is 6.07 Å². The average molecular weight is 295 g/mol. The van der Waals surface area contributed by atoms with Crippen molar-refractivity contribution in [2.45, 2.75) is 19.9 Å². The molecule has 3 rings (SSSR count). The Hall–Kier alpha value is -2.24. The van der Waals surface area contributed by atoms with E-state index < -0.39 is 0 Å². The summed E-state index contributed by atoms with van der Waals surface area (Å²) >= 11 is 6.41. The van der Waals surface area contributed by atoms with Gasteiger partial charge in [-0.1, -0.05) is 54.1 Å². The minimum absolute atomic E-state index is 0.536. The van der Waals surface area contributed by atoms with Gasteiger partial charge in [-0.2, -0.15) is 5.26 Å². The lowest BCUT2D eigenvalue weighted by atomic mass is 10.1. The molecule has 0 aliphatic carbocycles. The summed E-state index contributed by atoms with van der Waals surface area (Å²) in [6.45, 7) is 2.82. The van der Waals surface area contributed by atoms with E-state index in [1.165, 1.54) is 11.1 Å². The fourth-order valence-electron chi connectivity index (χ4n) is 2.64. The first-order chi connectivity index (χ1) is 10.2. The second-order valence-electron chi connectivity index (χ2n) is 5.19. The third kappa shape index (κ3) is 2.53. The van der Waals surface area contributed by atoms with E-state index in [-0.39, 0.29) is 0 Å². The first-order valence-corrected chi connectivity index (χ1v) is 7.31. The molecule has 0 amide bonds. The maximum absolute atomic E-state index is 9.34. The van der Waals surface area contributed by atoms with Crippen molar-refractivity contribution in [2.75, 3.05) is 0 Å². The van der Waals surface area contributed by atoms with Crippen LogP contribution in [0.2, 0.25) is 5.15 Å². The zero-order valence-corrected chi connectivity index (χ0v) is 12.6. The van der Waals surface area contributed by atoms with E-state index in [9.17, 15) is 5.26 Å². The Labute approximate surface area is 129 Å². The van der Waals surface area contributed by atoms with E-state index >= 15 is 0 Å². The lowest BCUT2D eigenvalue weighted by Gasteiger charge is -2.07. The lowest BCUT2D eigenvalue weighted by Crippen LogP contribution is -2.01. The predicted molar refractivity (Wildman–Crippen MR) is 86.5 cm³/mol. The van der Waals surface area contributed by atoms with Gasteiger partial charge in [-0.25, -0.2) is 0 Å². The zero-order valence-electron chi connectivity index (χ0n) is 11.8. The molecular formula is C18H15ClN2. The third-order valence-corrected chi connectivity index (χ3v) is 4.13. The molecule has 0 aliphatic rings. The Bertz CT molecular complexity index is 826. The molecule has 2 nitrogen and oxygen atoms in total. The van der Waals surface area contributed by atoms with Gasteiger partial charge in [-0.3, -0.25) is 0 Å². The Balaban J connectivity index is 2.03. The highest BCUT2D eigenvalue weighted by Crippen LogP contribution is 2.30. The van der Waals surface area contributed by atoms with Gasteiger partial charge in [-0.15, -0.1) is 0 Å². The number of benzene rings is 2. The van der Waals surface area contributed by atoms with Gasteiger partial charge in [0.25, 0.3) is 0 Å². The molecule has 0 aliphatic heterocycles. The summed E-state index contributed by atoms with van der Waals surface area (Å²) < 4.78 is 2.04. The SMILES string of the molecule is Cc1ccc2c(C#N)c(Cl)n(CCc3ccccc3)c2c1. The molecule has 0 N–H and O–H groups in total. The molecule has 0 fully saturated rings. The zero-order chi connectivity index (χ0) is 14.8. The fourth-order valence-corrected chi connectivity index (χ4v) is 2.96. The molecule has 0 radical (unpaired) electrons. The van der Waals surface area contributed by atoms with Crippen LogP contribution in [0.4, 0.5) is 0 Å². The number of halogens is 1. The lowest BCUT2D eigenvalue weighted by molar-refractivity contribution is 0.723. The van der Waals surface area contributed by atoms with E-state index in [1.54, 1.807) is 0 Å². The highest BCUT2D eigenvalue weighted by atomic mass is 35.5. The number of rotatable bonds is 3. The molecule has 3 heteroatoms. The van der Waals surface area contributed by atoms with Crippen molar-refractivity contribution in [3.63, 3.8) is 0 Å². The van der Waals surface area contributed by atoms with Gasteiger partial charge < -0.3 is 4.57 Å². The first-order valence-electron chi connectivity index (χ1n) is 6.93. The van der Waals surface area contributed by atoms with Gasteiger partial charge in [0.2, 0.25) is 0 Å². The topological polar surface area (TPSA) is 28.7 Å². The largest absolute Gasteiger partial charge is 0.330 e. The normalized spacial score (nSPS) is 10.7. The number of nitrogens with zero attached hydrogens (tertiary/aromatic N) is 2. The number of aryl methyl sites for hydroxylation is 3. The minimum atomic E-state index is 0.536. The van der Waals surface area contributed by atoms with Gasteiger partial charge in [0.1, 0.15) is 11.2 Å². The maximum Gasteiger partial charge on any atom is 0.128 e. The van der Waals surface area contributed by atoms with E-state index in [0.29, 0.717) is 10.7 Å². The van der Waals surface area contributed by atoms with E-state index in [0.717, 1.165) is 23.9 Å². The summed E-state index contributed by atoms with van der Waals surface area (Å²) in [5, 5.41) is 10.8. The van der Waals surface area contributed by atoms with Gasteiger partial charge in [0.15, 0.2) is 0 Å². The Kier molecular flexibility index (Phi) is 3.68. The van der Waals surface area contributed by atoms with Crippen LogP contribution in [0.3, 0.4) is 0 Å². The van der Waals surface area contributed by atoms with Crippen molar-refractivity contribution in [1.29, 1.82) is 5.26 Å². The number of fused-ring (bicyclic) bond motifs is 1. The summed E-state index contributed by atoms with van der Waals surface area (Å²) in [7, 11) is 0. The van der Waals surface area contributed by atoms with Gasteiger partial charge >= 0.3 is 0 Å². The highest BCUT2D eigenvalue weighted by Gasteiger charge is 2.15. The molecule has 1 heterocycles. The number of hydrogen-bond acceptors (Lipinski definition) is 1. The van der Waals surface area contributed by atoms with Crippen LogP contribution in [0.25, 0.3) is 10.9 Å². The van der Waals surface area contributed by atoms with Crippen molar-refractivity contribution in [2.24, 2.45) is 0 Å². The smallest absolute Gasteiger partial charge is 0.128 e. The van der Waals surface area contributed by atoms with Gasteiger partial charge in [-0.05, 0) is 30.5 Å². The maximum atomic E-state index is 9.34. The van der Waals surface area contributed by atoms with Crippen LogP contribution in [-0.4, -0.2) is 4.57 Å². The Morgan fingerprint density at radius 3 is 2.62 bits per heavy atom. The second kappa shape index (κ2) is 5.63. The molecule has 3 aromatic rings. The van der Waals surface area contributed by atoms with Crippen molar-refractivity contribution >= 4 is 22.5 Å². The van der Waals surface area contributed by atoms with Crippen molar-refractivity contribution in [3.05, 3.63) is 70.4 Å². The van der Waals surface area contributed by atoms with Crippen LogP contribution in [0.15, 0.2) is 48.5 Å². The third-order valence-electron chi connectivity index (χ3n) is 3.74. The van der Waals surface area contributed by atoms with Crippen LogP contribution < -0.4 is 0 Å².